The van der Waals surface area contributed by atoms with Gasteiger partial charge in [0.05, 0.1) is 0 Å². The van der Waals surface area contributed by atoms with Gasteiger partial charge in [-0.15, -0.1) is 0 Å². The zero-order valence-electron chi connectivity index (χ0n) is 22.0. The first-order chi connectivity index (χ1) is 15.7. The maximum Gasteiger partial charge on any atom is 0.126 e. The van der Waals surface area contributed by atoms with E-state index in [1.807, 2.05) is 6.07 Å². The predicted molar refractivity (Wildman–Crippen MR) is 140 cm³/mol. The third-order valence-electron chi connectivity index (χ3n) is 9.48. The smallest absolute Gasteiger partial charge is 0.126 e. The maximum absolute atomic E-state index is 15.4. The summed E-state index contributed by atoms with van der Waals surface area (Å²) in [5.41, 5.74) is 7.20. The molecule has 2 saturated carbocycles. The molecule has 0 aliphatic heterocycles. The fourth-order valence-corrected chi connectivity index (χ4v) is 6.90. The largest absolute Gasteiger partial charge is 0.207 e. The number of hydrogen-bond donors (Lipinski definition) is 0. The van der Waals surface area contributed by atoms with Crippen LogP contribution >= 0.6 is 0 Å². The molecule has 1 heteroatoms. The second kappa shape index (κ2) is 10.1. The molecule has 0 N–H and O–H groups in total. The van der Waals surface area contributed by atoms with Gasteiger partial charge in [0.1, 0.15) is 5.82 Å². The van der Waals surface area contributed by atoms with Gasteiger partial charge >= 0.3 is 0 Å². The Morgan fingerprint density at radius 2 is 1.94 bits per heavy atom. The first kappa shape index (κ1) is 24.7. The third kappa shape index (κ3) is 5.83. The normalized spacial score (nSPS) is 27.2. The molecule has 33 heavy (non-hydrogen) atoms. The highest BCUT2D eigenvalue weighted by Gasteiger charge is 2.40. The highest BCUT2D eigenvalue weighted by Crippen LogP contribution is 2.53. The third-order valence-corrected chi connectivity index (χ3v) is 9.48. The van der Waals surface area contributed by atoms with Crippen molar-refractivity contribution < 1.29 is 4.39 Å². The van der Waals surface area contributed by atoms with E-state index in [1.54, 1.807) is 5.57 Å². The second-order valence-electron chi connectivity index (χ2n) is 12.5. The number of fused-ring (bicyclic) bond motifs is 2. The van der Waals surface area contributed by atoms with Gasteiger partial charge in [0, 0.05) is 0 Å². The minimum Gasteiger partial charge on any atom is -0.207 e. The number of rotatable bonds is 11. The van der Waals surface area contributed by atoms with E-state index in [2.05, 4.69) is 53.3 Å². The molecule has 3 aliphatic rings. The summed E-state index contributed by atoms with van der Waals surface area (Å²) < 4.78 is 15.4. The Kier molecular flexibility index (Phi) is 7.56. The van der Waals surface area contributed by atoms with Gasteiger partial charge < -0.3 is 0 Å². The molecule has 0 saturated heterocycles. The van der Waals surface area contributed by atoms with Gasteiger partial charge in [0.15, 0.2) is 0 Å². The molecule has 0 nitrogen and oxygen atoms in total. The van der Waals surface area contributed by atoms with Gasteiger partial charge in [-0.2, -0.15) is 0 Å². The lowest BCUT2D eigenvalue weighted by atomic mass is 9.68. The summed E-state index contributed by atoms with van der Waals surface area (Å²) in [7, 11) is 0. The molecule has 2 bridgehead atoms. The first-order valence-electron chi connectivity index (χ1n) is 13.8. The average Bonchev–Trinajstić information content (AvgIpc) is 3.56. The van der Waals surface area contributed by atoms with Crippen molar-refractivity contribution in [1.29, 1.82) is 0 Å². The van der Waals surface area contributed by atoms with Crippen LogP contribution in [0.1, 0.15) is 127 Å². The minimum atomic E-state index is 0.0463. The van der Waals surface area contributed by atoms with Crippen molar-refractivity contribution in [3.05, 3.63) is 58.4 Å². The lowest BCUT2D eigenvalue weighted by molar-refractivity contribution is 0.190. The first-order valence-corrected chi connectivity index (χ1v) is 13.8. The molecule has 0 spiro atoms. The van der Waals surface area contributed by atoms with Crippen molar-refractivity contribution >= 4 is 0 Å². The molecule has 5 atom stereocenters. The van der Waals surface area contributed by atoms with Crippen molar-refractivity contribution in [3.63, 3.8) is 0 Å². The molecule has 3 aliphatic carbocycles. The van der Waals surface area contributed by atoms with E-state index in [0.717, 1.165) is 30.7 Å². The van der Waals surface area contributed by atoms with Crippen molar-refractivity contribution in [2.24, 2.45) is 23.2 Å². The Balaban J connectivity index is 1.40. The van der Waals surface area contributed by atoms with Crippen LogP contribution in [0.5, 0.6) is 0 Å². The summed E-state index contributed by atoms with van der Waals surface area (Å²) in [5, 5.41) is 0. The van der Waals surface area contributed by atoms with Crippen LogP contribution < -0.4 is 0 Å². The van der Waals surface area contributed by atoms with Crippen LogP contribution in [0.2, 0.25) is 0 Å². The van der Waals surface area contributed by atoms with Crippen LogP contribution in [0, 0.1) is 29.0 Å². The summed E-state index contributed by atoms with van der Waals surface area (Å²) >= 11 is 0. The monoisotopic (exact) mass is 450 g/mol. The summed E-state index contributed by atoms with van der Waals surface area (Å²) in [6.07, 6.45) is 16.0. The van der Waals surface area contributed by atoms with Crippen LogP contribution in [0.15, 0.2) is 35.9 Å². The highest BCUT2D eigenvalue weighted by atomic mass is 19.1. The molecule has 182 valence electrons. The van der Waals surface area contributed by atoms with Crippen molar-refractivity contribution in [2.45, 2.75) is 117 Å². The summed E-state index contributed by atoms with van der Waals surface area (Å²) in [5.74, 6) is 3.06. The SMILES string of the molecule is C=C(C)C(C)C(C)CCCC(C)c1cc(C2CC2)c(CCC23CC=C(CC(C)C2)C3)cc1F. The van der Waals surface area contributed by atoms with Gasteiger partial charge in [-0.3, -0.25) is 0 Å². The highest BCUT2D eigenvalue weighted by molar-refractivity contribution is 5.39. The Labute approximate surface area is 203 Å². The Morgan fingerprint density at radius 3 is 2.64 bits per heavy atom. The Hall–Kier alpha value is -1.37. The fraction of sp³-hybridized carbons (Fsp3) is 0.688. The van der Waals surface area contributed by atoms with Gasteiger partial charge in [-0.05, 0) is 122 Å². The zero-order chi connectivity index (χ0) is 23.8. The molecule has 5 unspecified atom stereocenters. The number of halogens is 1. The van der Waals surface area contributed by atoms with Crippen molar-refractivity contribution in [3.8, 4) is 0 Å². The lowest BCUT2D eigenvalue weighted by Gasteiger charge is -2.36. The molecule has 0 radical (unpaired) electrons. The van der Waals surface area contributed by atoms with Gasteiger partial charge in [0.25, 0.3) is 0 Å². The summed E-state index contributed by atoms with van der Waals surface area (Å²) in [4.78, 5) is 0. The second-order valence-corrected chi connectivity index (χ2v) is 12.5. The van der Waals surface area contributed by atoms with E-state index in [-0.39, 0.29) is 5.82 Å². The summed E-state index contributed by atoms with van der Waals surface area (Å²) in [6.45, 7) is 15.5. The predicted octanol–water partition coefficient (Wildman–Crippen LogP) is 9.89. The molecule has 2 fully saturated rings. The molecule has 0 amide bonds. The van der Waals surface area contributed by atoms with E-state index >= 15 is 4.39 Å². The van der Waals surface area contributed by atoms with Crippen LogP contribution in [0.25, 0.3) is 0 Å². The zero-order valence-corrected chi connectivity index (χ0v) is 22.0. The quantitative estimate of drug-likeness (QED) is 0.294. The number of aryl methyl sites for hydroxylation is 1. The average molecular weight is 451 g/mol. The van der Waals surface area contributed by atoms with E-state index in [4.69, 9.17) is 0 Å². The van der Waals surface area contributed by atoms with Crippen molar-refractivity contribution in [2.75, 3.05) is 0 Å². The standard InChI is InChI=1S/C32H47F/c1-21(2)25(6)23(4)8-7-9-24(5)29-18-30(27-10-11-27)28(17-31(29)33)13-15-32-14-12-26(20-32)16-22(3)19-32/h12,17-18,22-25,27H,1,7-11,13-16,19-20H2,2-6H3. The van der Waals surface area contributed by atoms with E-state index < -0.39 is 0 Å². The lowest BCUT2D eigenvalue weighted by Crippen LogP contribution is -2.25. The molecule has 1 aromatic carbocycles. The topological polar surface area (TPSA) is 0 Å². The van der Waals surface area contributed by atoms with E-state index in [9.17, 15) is 0 Å². The number of allylic oxidation sites excluding steroid dienone is 3. The fourth-order valence-electron chi connectivity index (χ4n) is 6.90. The van der Waals surface area contributed by atoms with Crippen LogP contribution in [-0.2, 0) is 6.42 Å². The van der Waals surface area contributed by atoms with E-state index in [1.165, 1.54) is 68.1 Å². The van der Waals surface area contributed by atoms with Crippen molar-refractivity contribution in [1.82, 2.24) is 0 Å². The van der Waals surface area contributed by atoms with Gasteiger partial charge in [-0.1, -0.05) is 70.4 Å². The van der Waals surface area contributed by atoms with Crippen LogP contribution in [0.4, 0.5) is 4.39 Å². The Morgan fingerprint density at radius 1 is 1.18 bits per heavy atom. The molecular weight excluding hydrogens is 403 g/mol. The maximum atomic E-state index is 15.4. The van der Waals surface area contributed by atoms with Crippen LogP contribution in [0.3, 0.4) is 0 Å². The molecular formula is C32H47F. The minimum absolute atomic E-state index is 0.0463. The van der Waals surface area contributed by atoms with Gasteiger partial charge in [-0.25, -0.2) is 4.39 Å². The summed E-state index contributed by atoms with van der Waals surface area (Å²) in [6, 6.07) is 4.23. The molecule has 4 rings (SSSR count). The number of hydrogen-bond acceptors (Lipinski definition) is 0. The molecule has 1 aromatic rings. The molecule has 0 aromatic heterocycles. The van der Waals surface area contributed by atoms with Crippen LogP contribution in [-0.4, -0.2) is 0 Å². The van der Waals surface area contributed by atoms with Gasteiger partial charge in [0.2, 0.25) is 0 Å². The number of benzene rings is 1. The molecule has 0 heterocycles. The van der Waals surface area contributed by atoms with E-state index in [0.29, 0.717) is 29.1 Å². The Bertz CT molecular complexity index is 888.